The van der Waals surface area contributed by atoms with Gasteiger partial charge in [-0.05, 0) is 55.5 Å². The van der Waals surface area contributed by atoms with Gasteiger partial charge in [-0.2, -0.15) is 5.10 Å². The smallest absolute Gasteiger partial charge is 0.280 e. The SMILES string of the molecule is C#C.CC.CC.COc1cnc(C(F)F)cc1-c1cc(C2=NNC(C)O2)ccc1C(=O)NC1=NNC(C2CC2)S1. The van der Waals surface area contributed by atoms with E-state index in [2.05, 4.69) is 44.2 Å². The van der Waals surface area contributed by atoms with Crippen molar-refractivity contribution in [3.8, 4) is 29.7 Å². The molecule has 2 aromatic rings. The van der Waals surface area contributed by atoms with Gasteiger partial charge in [-0.15, -0.1) is 17.9 Å². The fourth-order valence-corrected chi connectivity index (χ4v) is 4.74. The van der Waals surface area contributed by atoms with Crippen molar-refractivity contribution in [3.05, 3.63) is 47.3 Å². The molecule has 40 heavy (non-hydrogen) atoms. The molecule has 3 heterocycles. The van der Waals surface area contributed by atoms with Crippen LogP contribution in [0.4, 0.5) is 8.78 Å². The summed E-state index contributed by atoms with van der Waals surface area (Å²) < 4.78 is 37.9. The molecule has 12 heteroatoms. The van der Waals surface area contributed by atoms with Crippen molar-refractivity contribution in [2.24, 2.45) is 16.1 Å². The number of hydrogen-bond acceptors (Lipinski definition) is 9. The number of halogens is 2. The van der Waals surface area contributed by atoms with Crippen molar-refractivity contribution in [3.63, 3.8) is 0 Å². The maximum absolute atomic E-state index is 13.4. The molecule has 0 saturated heterocycles. The number of methoxy groups -OCH3 is 1. The Hall–Kier alpha value is -3.85. The van der Waals surface area contributed by atoms with Gasteiger partial charge in [0.15, 0.2) is 11.4 Å². The number of amidine groups is 1. The number of terminal acetylenes is 1. The molecule has 1 fully saturated rings. The van der Waals surface area contributed by atoms with Crippen LogP contribution in [-0.4, -0.2) is 40.7 Å². The average molecular weight is 575 g/mol. The summed E-state index contributed by atoms with van der Waals surface area (Å²) in [6, 6.07) is 6.18. The molecule has 5 rings (SSSR count). The molecule has 3 N–H and O–H groups in total. The quantitative estimate of drug-likeness (QED) is 0.380. The van der Waals surface area contributed by atoms with E-state index in [4.69, 9.17) is 9.47 Å². The lowest BCUT2D eigenvalue weighted by Gasteiger charge is -2.16. The summed E-state index contributed by atoms with van der Waals surface area (Å²) in [7, 11) is 1.41. The molecule has 216 valence electrons. The third-order valence-corrected chi connectivity index (χ3v) is 6.73. The molecule has 1 aromatic carbocycles. The van der Waals surface area contributed by atoms with Gasteiger partial charge in [-0.1, -0.05) is 39.5 Å². The highest BCUT2D eigenvalue weighted by Gasteiger charge is 2.36. The van der Waals surface area contributed by atoms with Gasteiger partial charge >= 0.3 is 0 Å². The Morgan fingerprint density at radius 3 is 2.40 bits per heavy atom. The maximum Gasteiger partial charge on any atom is 0.280 e. The number of ether oxygens (including phenoxy) is 2. The molecule has 1 aliphatic carbocycles. The van der Waals surface area contributed by atoms with Crippen LogP contribution < -0.4 is 20.9 Å². The van der Waals surface area contributed by atoms with Gasteiger partial charge in [0, 0.05) is 16.7 Å². The molecular formula is C28H36F2N6O3S. The van der Waals surface area contributed by atoms with Gasteiger partial charge in [-0.3, -0.25) is 25.9 Å². The van der Waals surface area contributed by atoms with E-state index in [1.54, 1.807) is 25.1 Å². The van der Waals surface area contributed by atoms with Gasteiger partial charge < -0.3 is 9.47 Å². The standard InChI is InChI=1S/C22H22F2N6O3S.2C2H6.C2H2/c1-10-27-28-20(33-10)12-5-6-13(19(31)26-22-30-29-21(34-22)11-3-4-11)14(7-12)15-8-16(18(23)24)25-9-17(15)32-2;3*1-2/h5-11,18,21,27,29H,3-4H2,1-2H3,(H,26,30,31);2*1-2H3;1-2H. The van der Waals surface area contributed by atoms with Gasteiger partial charge in [0.25, 0.3) is 12.3 Å². The first-order valence-electron chi connectivity index (χ1n) is 13.0. The Kier molecular flexibility index (Phi) is 12.7. The van der Waals surface area contributed by atoms with E-state index >= 15 is 0 Å². The fraction of sp³-hybridized carbons (Fsp3) is 0.429. The Morgan fingerprint density at radius 1 is 1.12 bits per heavy atom. The average Bonchev–Trinajstić information content (AvgIpc) is 3.60. The second-order valence-corrected chi connectivity index (χ2v) is 9.18. The first kappa shape index (κ1) is 32.4. The zero-order valence-electron chi connectivity index (χ0n) is 23.5. The highest BCUT2D eigenvalue weighted by atomic mass is 32.2. The highest BCUT2D eigenvalue weighted by Crippen LogP contribution is 2.40. The summed E-state index contributed by atoms with van der Waals surface area (Å²) in [4.78, 5) is 17.0. The summed E-state index contributed by atoms with van der Waals surface area (Å²) in [5.74, 6) is 0.703. The van der Waals surface area contributed by atoms with Gasteiger partial charge in [0.1, 0.15) is 11.4 Å². The van der Waals surface area contributed by atoms with Crippen LogP contribution in [0.3, 0.4) is 0 Å². The number of aromatic nitrogens is 1. The fourth-order valence-electron chi connectivity index (χ4n) is 3.67. The van der Waals surface area contributed by atoms with Crippen molar-refractivity contribution in [1.29, 1.82) is 0 Å². The monoisotopic (exact) mass is 574 g/mol. The van der Waals surface area contributed by atoms with Crippen molar-refractivity contribution in [2.75, 3.05) is 7.11 Å². The van der Waals surface area contributed by atoms with Crippen LogP contribution in [0.1, 0.15) is 75.5 Å². The molecule has 3 aliphatic rings. The molecule has 2 aliphatic heterocycles. The molecule has 1 amide bonds. The van der Waals surface area contributed by atoms with E-state index < -0.39 is 18.0 Å². The summed E-state index contributed by atoms with van der Waals surface area (Å²) in [5, 5.41) is 11.8. The number of amides is 1. The van der Waals surface area contributed by atoms with Crippen molar-refractivity contribution >= 4 is 28.7 Å². The van der Waals surface area contributed by atoms with Crippen LogP contribution in [0.15, 0.2) is 40.7 Å². The Labute approximate surface area is 238 Å². The number of carbonyl (C=O) groups excluding carboxylic acids is 1. The Balaban J connectivity index is 0.000000876. The van der Waals surface area contributed by atoms with Crippen molar-refractivity contribution < 1.29 is 23.0 Å². The minimum atomic E-state index is -2.78. The number of carbonyl (C=O) groups is 1. The van der Waals surface area contributed by atoms with Crippen LogP contribution in [0, 0.1) is 18.8 Å². The minimum Gasteiger partial charge on any atom is -0.494 e. The number of benzene rings is 1. The molecule has 0 radical (unpaired) electrons. The number of rotatable bonds is 6. The van der Waals surface area contributed by atoms with E-state index in [-0.39, 0.29) is 22.9 Å². The number of nitrogens with one attached hydrogen (secondary N) is 3. The largest absolute Gasteiger partial charge is 0.494 e. The molecule has 0 spiro atoms. The summed E-state index contributed by atoms with van der Waals surface area (Å²) in [5.41, 5.74) is 6.93. The van der Waals surface area contributed by atoms with Gasteiger partial charge in [0.05, 0.1) is 18.7 Å². The normalized spacial score (nSPS) is 18.5. The highest BCUT2D eigenvalue weighted by molar-refractivity contribution is 8.14. The van der Waals surface area contributed by atoms with Crippen LogP contribution in [0.2, 0.25) is 0 Å². The molecule has 2 atom stereocenters. The van der Waals surface area contributed by atoms with Gasteiger partial charge in [-0.25, -0.2) is 8.78 Å². The summed E-state index contributed by atoms with van der Waals surface area (Å²) in [6.45, 7) is 9.79. The van der Waals surface area contributed by atoms with Crippen molar-refractivity contribution in [2.45, 2.75) is 65.5 Å². The number of pyridine rings is 1. The maximum atomic E-state index is 13.4. The summed E-state index contributed by atoms with van der Waals surface area (Å²) in [6.07, 6.45) is 8.40. The number of nitrogens with zero attached hydrogens (tertiary/aromatic N) is 3. The summed E-state index contributed by atoms with van der Waals surface area (Å²) >= 11 is 1.47. The zero-order valence-corrected chi connectivity index (χ0v) is 24.3. The predicted molar refractivity (Wildman–Crippen MR) is 156 cm³/mol. The lowest BCUT2D eigenvalue weighted by Crippen LogP contribution is -2.28. The minimum absolute atomic E-state index is 0.151. The second-order valence-electron chi connectivity index (χ2n) is 8.05. The molecule has 1 saturated carbocycles. The molecular weight excluding hydrogens is 538 g/mol. The third-order valence-electron chi connectivity index (χ3n) is 5.57. The van der Waals surface area contributed by atoms with Crippen LogP contribution in [-0.2, 0) is 4.74 Å². The van der Waals surface area contributed by atoms with E-state index in [9.17, 15) is 13.6 Å². The van der Waals surface area contributed by atoms with E-state index in [0.29, 0.717) is 33.7 Å². The third kappa shape index (κ3) is 7.85. The van der Waals surface area contributed by atoms with E-state index in [1.807, 2.05) is 27.7 Å². The lowest BCUT2D eigenvalue weighted by molar-refractivity contribution is 0.0978. The number of alkyl halides is 2. The zero-order chi connectivity index (χ0) is 29.8. The first-order valence-corrected chi connectivity index (χ1v) is 13.9. The van der Waals surface area contributed by atoms with Crippen LogP contribution in [0.25, 0.3) is 11.1 Å². The Morgan fingerprint density at radius 2 is 1.82 bits per heavy atom. The molecule has 2 unspecified atom stereocenters. The van der Waals surface area contributed by atoms with Crippen LogP contribution >= 0.6 is 11.8 Å². The van der Waals surface area contributed by atoms with Gasteiger partial charge in [0.2, 0.25) is 5.90 Å². The van der Waals surface area contributed by atoms with Crippen LogP contribution in [0.5, 0.6) is 5.75 Å². The Bertz CT molecular complexity index is 1230. The molecule has 1 aromatic heterocycles. The number of thioether (sulfide) groups is 1. The first-order chi connectivity index (χ1) is 19.4. The predicted octanol–water partition coefficient (Wildman–Crippen LogP) is 5.70. The number of hydrazone groups is 2. The van der Waals surface area contributed by atoms with Crippen molar-refractivity contribution in [1.82, 2.24) is 21.2 Å². The molecule has 9 nitrogen and oxygen atoms in total. The molecule has 0 bridgehead atoms. The number of hydrogen-bond donors (Lipinski definition) is 3. The van der Waals surface area contributed by atoms with E-state index in [1.165, 1.54) is 31.1 Å². The second kappa shape index (κ2) is 15.7. The topological polar surface area (TPSA) is 109 Å². The van der Waals surface area contributed by atoms with E-state index in [0.717, 1.165) is 12.8 Å². The lowest BCUT2D eigenvalue weighted by atomic mass is 9.96.